The van der Waals surface area contributed by atoms with E-state index in [9.17, 15) is 4.79 Å². The van der Waals surface area contributed by atoms with Gasteiger partial charge in [0.15, 0.2) is 0 Å². The first kappa shape index (κ1) is 13.1. The Bertz CT molecular complexity index is 393. The highest BCUT2D eigenvalue weighted by Crippen LogP contribution is 2.18. The van der Waals surface area contributed by atoms with Gasteiger partial charge in [0.25, 0.3) is 0 Å². The number of nitrogens with one attached hydrogen (secondary N) is 2. The average molecular weight is 246 g/mol. The Morgan fingerprint density at radius 2 is 1.94 bits per heavy atom. The molecule has 0 spiro atoms. The van der Waals surface area contributed by atoms with Crippen LogP contribution in [0.2, 0.25) is 0 Å². The van der Waals surface area contributed by atoms with Crippen LogP contribution in [0.5, 0.6) is 0 Å². The summed E-state index contributed by atoms with van der Waals surface area (Å²) in [5.74, 6) is 0.701. The second-order valence-electron chi connectivity index (χ2n) is 5.50. The number of benzene rings is 1. The van der Waals surface area contributed by atoms with E-state index in [1.807, 2.05) is 12.1 Å². The predicted octanol–water partition coefficient (Wildman–Crippen LogP) is 2.58. The number of rotatable bonds is 6. The van der Waals surface area contributed by atoms with Crippen molar-refractivity contribution in [2.45, 2.75) is 39.2 Å². The van der Waals surface area contributed by atoms with Crippen LogP contribution in [0.1, 0.15) is 32.3 Å². The number of amides is 1. The van der Waals surface area contributed by atoms with Gasteiger partial charge in [0.2, 0.25) is 5.91 Å². The van der Waals surface area contributed by atoms with Crippen molar-refractivity contribution in [2.24, 2.45) is 5.92 Å². The SMILES string of the molecule is CC(C)Cc1ccc(NC(=O)CNC2CC2)cc1. The molecule has 0 radical (unpaired) electrons. The maximum Gasteiger partial charge on any atom is 0.238 e. The zero-order chi connectivity index (χ0) is 13.0. The van der Waals surface area contributed by atoms with E-state index in [0.717, 1.165) is 12.1 Å². The van der Waals surface area contributed by atoms with E-state index in [4.69, 9.17) is 0 Å². The summed E-state index contributed by atoms with van der Waals surface area (Å²) in [6.45, 7) is 4.83. The van der Waals surface area contributed by atoms with Gasteiger partial charge in [-0.1, -0.05) is 26.0 Å². The number of hydrogen-bond acceptors (Lipinski definition) is 2. The fraction of sp³-hybridized carbons (Fsp3) is 0.533. The molecule has 1 amide bonds. The highest BCUT2D eigenvalue weighted by molar-refractivity contribution is 5.92. The number of carbonyl (C=O) groups excluding carboxylic acids is 1. The summed E-state index contributed by atoms with van der Waals surface area (Å²) >= 11 is 0. The van der Waals surface area contributed by atoms with Crippen LogP contribution in [0.4, 0.5) is 5.69 Å². The molecule has 0 saturated heterocycles. The lowest BCUT2D eigenvalue weighted by molar-refractivity contribution is -0.115. The lowest BCUT2D eigenvalue weighted by Crippen LogP contribution is -2.29. The molecule has 2 rings (SSSR count). The minimum absolute atomic E-state index is 0.0403. The molecule has 98 valence electrons. The Morgan fingerprint density at radius 3 is 2.50 bits per heavy atom. The molecular formula is C15H22N2O. The Balaban J connectivity index is 1.79. The van der Waals surface area contributed by atoms with Crippen LogP contribution in [0.15, 0.2) is 24.3 Å². The van der Waals surface area contributed by atoms with Gasteiger partial charge in [-0.25, -0.2) is 0 Å². The topological polar surface area (TPSA) is 41.1 Å². The lowest BCUT2D eigenvalue weighted by Gasteiger charge is -2.08. The maximum atomic E-state index is 11.6. The summed E-state index contributed by atoms with van der Waals surface area (Å²) in [5, 5.41) is 6.11. The molecule has 1 aliphatic rings. The van der Waals surface area contributed by atoms with Crippen molar-refractivity contribution in [3.8, 4) is 0 Å². The van der Waals surface area contributed by atoms with E-state index < -0.39 is 0 Å². The average Bonchev–Trinajstić information content (AvgIpc) is 3.12. The molecule has 0 aliphatic heterocycles. The molecule has 0 bridgehead atoms. The quantitative estimate of drug-likeness (QED) is 0.810. The van der Waals surface area contributed by atoms with Gasteiger partial charge < -0.3 is 10.6 Å². The Hall–Kier alpha value is -1.35. The minimum atomic E-state index is 0.0403. The standard InChI is InChI=1S/C15H22N2O/c1-11(2)9-12-3-5-14(6-4-12)17-15(18)10-16-13-7-8-13/h3-6,11,13,16H,7-10H2,1-2H3,(H,17,18). The summed E-state index contributed by atoms with van der Waals surface area (Å²) in [6.07, 6.45) is 3.49. The normalized spacial score (nSPS) is 14.8. The second kappa shape index (κ2) is 6.01. The Kier molecular flexibility index (Phi) is 4.37. The van der Waals surface area contributed by atoms with Gasteiger partial charge in [-0.05, 0) is 42.9 Å². The third-order valence-electron chi connectivity index (χ3n) is 3.01. The van der Waals surface area contributed by atoms with Gasteiger partial charge >= 0.3 is 0 Å². The fourth-order valence-electron chi connectivity index (χ4n) is 1.93. The maximum absolute atomic E-state index is 11.6. The van der Waals surface area contributed by atoms with Crippen LogP contribution < -0.4 is 10.6 Å². The highest BCUT2D eigenvalue weighted by Gasteiger charge is 2.21. The van der Waals surface area contributed by atoms with Crippen molar-refractivity contribution in [3.63, 3.8) is 0 Å². The van der Waals surface area contributed by atoms with Crippen LogP contribution in [-0.4, -0.2) is 18.5 Å². The first-order valence-corrected chi connectivity index (χ1v) is 6.75. The van der Waals surface area contributed by atoms with Crippen molar-refractivity contribution >= 4 is 11.6 Å². The summed E-state index contributed by atoms with van der Waals surface area (Å²) in [6, 6.07) is 8.71. The molecule has 2 N–H and O–H groups in total. The van der Waals surface area contributed by atoms with E-state index in [1.165, 1.54) is 18.4 Å². The van der Waals surface area contributed by atoms with Gasteiger partial charge in [0.1, 0.15) is 0 Å². The fourth-order valence-corrected chi connectivity index (χ4v) is 1.93. The Morgan fingerprint density at radius 1 is 1.28 bits per heavy atom. The summed E-state index contributed by atoms with van der Waals surface area (Å²) in [4.78, 5) is 11.6. The first-order valence-electron chi connectivity index (χ1n) is 6.75. The molecule has 3 nitrogen and oxygen atoms in total. The van der Waals surface area contributed by atoms with E-state index in [2.05, 4.69) is 36.6 Å². The predicted molar refractivity (Wildman–Crippen MR) is 74.6 cm³/mol. The van der Waals surface area contributed by atoms with Gasteiger partial charge in [-0.15, -0.1) is 0 Å². The van der Waals surface area contributed by atoms with Crippen LogP contribution >= 0.6 is 0 Å². The number of hydrogen-bond donors (Lipinski definition) is 2. The summed E-state index contributed by atoms with van der Waals surface area (Å²) in [5.41, 5.74) is 2.20. The van der Waals surface area contributed by atoms with Crippen molar-refractivity contribution in [1.82, 2.24) is 5.32 Å². The molecule has 1 fully saturated rings. The van der Waals surface area contributed by atoms with Crippen LogP contribution in [0.25, 0.3) is 0 Å². The lowest BCUT2D eigenvalue weighted by atomic mass is 10.0. The molecule has 1 saturated carbocycles. The third-order valence-corrected chi connectivity index (χ3v) is 3.01. The molecule has 1 aromatic rings. The summed E-state index contributed by atoms with van der Waals surface area (Å²) < 4.78 is 0. The van der Waals surface area contributed by atoms with E-state index >= 15 is 0 Å². The van der Waals surface area contributed by atoms with E-state index in [1.54, 1.807) is 0 Å². The highest BCUT2D eigenvalue weighted by atomic mass is 16.1. The van der Waals surface area contributed by atoms with Crippen molar-refractivity contribution in [1.29, 1.82) is 0 Å². The van der Waals surface area contributed by atoms with Crippen molar-refractivity contribution in [3.05, 3.63) is 29.8 Å². The molecule has 1 aliphatic carbocycles. The van der Waals surface area contributed by atoms with Gasteiger partial charge in [-0.2, -0.15) is 0 Å². The number of anilines is 1. The molecule has 0 unspecified atom stereocenters. The second-order valence-corrected chi connectivity index (χ2v) is 5.50. The van der Waals surface area contributed by atoms with E-state index in [-0.39, 0.29) is 5.91 Å². The smallest absolute Gasteiger partial charge is 0.238 e. The first-order chi connectivity index (χ1) is 8.63. The molecule has 18 heavy (non-hydrogen) atoms. The minimum Gasteiger partial charge on any atom is -0.325 e. The Labute approximate surface area is 109 Å². The van der Waals surface area contributed by atoms with Gasteiger partial charge in [0, 0.05) is 11.7 Å². The molecule has 0 atom stereocenters. The van der Waals surface area contributed by atoms with Gasteiger partial charge in [0.05, 0.1) is 6.54 Å². The van der Waals surface area contributed by atoms with Crippen LogP contribution in [0.3, 0.4) is 0 Å². The van der Waals surface area contributed by atoms with Crippen LogP contribution in [0, 0.1) is 5.92 Å². The van der Waals surface area contributed by atoms with Crippen LogP contribution in [-0.2, 0) is 11.2 Å². The van der Waals surface area contributed by atoms with Crippen molar-refractivity contribution in [2.75, 3.05) is 11.9 Å². The zero-order valence-corrected chi connectivity index (χ0v) is 11.2. The number of carbonyl (C=O) groups is 1. The third kappa shape index (κ3) is 4.49. The molecule has 0 heterocycles. The summed E-state index contributed by atoms with van der Waals surface area (Å²) in [7, 11) is 0. The molecular weight excluding hydrogens is 224 g/mol. The molecule has 0 aromatic heterocycles. The molecule has 1 aromatic carbocycles. The largest absolute Gasteiger partial charge is 0.325 e. The monoisotopic (exact) mass is 246 g/mol. The van der Waals surface area contributed by atoms with E-state index in [0.29, 0.717) is 18.5 Å². The van der Waals surface area contributed by atoms with Gasteiger partial charge in [-0.3, -0.25) is 4.79 Å². The molecule has 3 heteroatoms. The van der Waals surface area contributed by atoms with Crippen molar-refractivity contribution < 1.29 is 4.79 Å². The zero-order valence-electron chi connectivity index (χ0n) is 11.2.